The third kappa shape index (κ3) is 6.25. The van der Waals surface area contributed by atoms with Gasteiger partial charge >= 0.3 is 6.61 Å². The van der Waals surface area contributed by atoms with Crippen LogP contribution in [0.3, 0.4) is 0 Å². The van der Waals surface area contributed by atoms with E-state index in [1.807, 2.05) is 0 Å². The molecule has 146 valence electrons. The van der Waals surface area contributed by atoms with Crippen molar-refractivity contribution in [3.63, 3.8) is 0 Å². The first kappa shape index (κ1) is 20.7. The lowest BCUT2D eigenvalue weighted by atomic mass is 10.2. The van der Waals surface area contributed by atoms with Crippen molar-refractivity contribution in [1.29, 1.82) is 0 Å². The molecular formula is C18H19ClF3N3O2. The summed E-state index contributed by atoms with van der Waals surface area (Å²) in [6.07, 6.45) is 0. The molecule has 0 fully saturated rings. The number of aliphatic imine (C=N–C) groups is 1. The highest BCUT2D eigenvalue weighted by Crippen LogP contribution is 2.24. The fraction of sp³-hybridized carbons (Fsp3) is 0.278. The highest BCUT2D eigenvalue weighted by Gasteiger charge is 2.11. The summed E-state index contributed by atoms with van der Waals surface area (Å²) in [5, 5.41) is 6.37. The number of ether oxygens (including phenoxy) is 2. The number of halogens is 4. The van der Waals surface area contributed by atoms with Crippen molar-refractivity contribution >= 4 is 17.6 Å². The van der Waals surface area contributed by atoms with Gasteiger partial charge in [0.2, 0.25) is 0 Å². The Morgan fingerprint density at radius 1 is 1.11 bits per heavy atom. The van der Waals surface area contributed by atoms with E-state index in [1.165, 1.54) is 37.4 Å². The van der Waals surface area contributed by atoms with Crippen molar-refractivity contribution in [2.24, 2.45) is 4.99 Å². The molecule has 0 aromatic heterocycles. The number of benzene rings is 2. The summed E-state index contributed by atoms with van der Waals surface area (Å²) in [7, 11) is 2.95. The van der Waals surface area contributed by atoms with Gasteiger partial charge in [-0.15, -0.1) is 0 Å². The zero-order valence-corrected chi connectivity index (χ0v) is 15.5. The van der Waals surface area contributed by atoms with E-state index in [0.29, 0.717) is 28.7 Å². The van der Waals surface area contributed by atoms with Crippen LogP contribution in [0.5, 0.6) is 11.5 Å². The first-order valence-corrected chi connectivity index (χ1v) is 8.31. The molecule has 0 aliphatic heterocycles. The molecule has 0 unspecified atom stereocenters. The van der Waals surface area contributed by atoms with E-state index in [2.05, 4.69) is 20.4 Å². The summed E-state index contributed by atoms with van der Waals surface area (Å²) in [6, 6.07) is 8.97. The van der Waals surface area contributed by atoms with Gasteiger partial charge in [0.25, 0.3) is 0 Å². The van der Waals surface area contributed by atoms with Gasteiger partial charge in [0, 0.05) is 30.7 Å². The Labute approximate surface area is 160 Å². The van der Waals surface area contributed by atoms with Gasteiger partial charge in [-0.25, -0.2) is 4.39 Å². The number of rotatable bonds is 7. The Morgan fingerprint density at radius 3 is 2.44 bits per heavy atom. The van der Waals surface area contributed by atoms with Gasteiger partial charge in [-0.2, -0.15) is 8.78 Å². The number of nitrogens with zero attached hydrogens (tertiary/aromatic N) is 1. The monoisotopic (exact) mass is 401 g/mol. The minimum atomic E-state index is -2.94. The average Bonchev–Trinajstić information content (AvgIpc) is 2.63. The van der Waals surface area contributed by atoms with Crippen molar-refractivity contribution in [3.05, 3.63) is 58.4 Å². The quantitative estimate of drug-likeness (QED) is 0.545. The first-order chi connectivity index (χ1) is 12.9. The summed E-state index contributed by atoms with van der Waals surface area (Å²) < 4.78 is 48.1. The lowest BCUT2D eigenvalue weighted by Gasteiger charge is -2.15. The van der Waals surface area contributed by atoms with Crippen molar-refractivity contribution in [2.75, 3.05) is 14.2 Å². The molecule has 0 saturated carbocycles. The first-order valence-electron chi connectivity index (χ1n) is 7.93. The standard InChI is InChI=1S/C18H19ClF3N3O2/c1-23-18(24-9-11-3-5-16(26-2)14(20)7-11)25-10-12-8-13(19)4-6-15(12)27-17(21)22/h3-8,17H,9-10H2,1-2H3,(H2,23,24,25). The van der Waals surface area contributed by atoms with Crippen molar-refractivity contribution < 1.29 is 22.6 Å². The maximum absolute atomic E-state index is 13.7. The third-order valence-corrected chi connectivity index (χ3v) is 3.82. The van der Waals surface area contributed by atoms with Crippen LogP contribution >= 0.6 is 11.6 Å². The molecule has 5 nitrogen and oxygen atoms in total. The van der Waals surface area contributed by atoms with Crippen molar-refractivity contribution in [2.45, 2.75) is 19.7 Å². The Kier molecular flexibility index (Phi) is 7.60. The number of methoxy groups -OCH3 is 1. The second kappa shape index (κ2) is 9.91. The zero-order valence-electron chi connectivity index (χ0n) is 14.7. The zero-order chi connectivity index (χ0) is 19.8. The van der Waals surface area contributed by atoms with Crippen LogP contribution in [0.2, 0.25) is 5.02 Å². The largest absolute Gasteiger partial charge is 0.494 e. The summed E-state index contributed by atoms with van der Waals surface area (Å²) in [4.78, 5) is 4.04. The van der Waals surface area contributed by atoms with Crippen molar-refractivity contribution in [1.82, 2.24) is 10.6 Å². The Hall–Kier alpha value is -2.61. The van der Waals surface area contributed by atoms with E-state index in [0.717, 1.165) is 0 Å². The van der Waals surface area contributed by atoms with Crippen molar-refractivity contribution in [3.8, 4) is 11.5 Å². The smallest absolute Gasteiger partial charge is 0.387 e. The van der Waals surface area contributed by atoms with E-state index in [9.17, 15) is 13.2 Å². The van der Waals surface area contributed by atoms with E-state index in [4.69, 9.17) is 16.3 Å². The van der Waals surface area contributed by atoms with Gasteiger partial charge in [-0.05, 0) is 35.9 Å². The Balaban J connectivity index is 1.98. The molecule has 2 N–H and O–H groups in total. The van der Waals surface area contributed by atoms with E-state index < -0.39 is 12.4 Å². The predicted octanol–water partition coefficient (Wildman–Crippen LogP) is 3.95. The fourth-order valence-electron chi connectivity index (χ4n) is 2.30. The Bertz CT molecular complexity index is 803. The van der Waals surface area contributed by atoms with E-state index >= 15 is 0 Å². The van der Waals surface area contributed by atoms with Crippen LogP contribution in [-0.4, -0.2) is 26.7 Å². The molecule has 0 aliphatic rings. The molecule has 2 rings (SSSR count). The topological polar surface area (TPSA) is 54.9 Å². The fourth-order valence-corrected chi connectivity index (χ4v) is 2.50. The summed E-state index contributed by atoms with van der Waals surface area (Å²) in [5.74, 6) is 0.116. The van der Waals surface area contributed by atoms with Crippen LogP contribution < -0.4 is 20.1 Å². The molecule has 0 radical (unpaired) electrons. The summed E-state index contributed by atoms with van der Waals surface area (Å²) in [5.41, 5.74) is 1.13. The molecule has 0 aliphatic carbocycles. The molecule has 0 saturated heterocycles. The van der Waals surface area contributed by atoms with Gasteiger partial charge < -0.3 is 20.1 Å². The maximum atomic E-state index is 13.7. The minimum Gasteiger partial charge on any atom is -0.494 e. The predicted molar refractivity (Wildman–Crippen MR) is 98.1 cm³/mol. The minimum absolute atomic E-state index is 0.0228. The number of hydrogen-bond donors (Lipinski definition) is 2. The molecule has 0 heterocycles. The van der Waals surface area contributed by atoms with Gasteiger partial charge in [0.15, 0.2) is 17.5 Å². The van der Waals surface area contributed by atoms with E-state index in [-0.39, 0.29) is 18.0 Å². The SMILES string of the molecule is CN=C(NCc1ccc(OC)c(F)c1)NCc1cc(Cl)ccc1OC(F)F. The van der Waals surface area contributed by atoms with Crippen LogP contribution in [0.1, 0.15) is 11.1 Å². The van der Waals surface area contributed by atoms with E-state index in [1.54, 1.807) is 13.1 Å². The third-order valence-electron chi connectivity index (χ3n) is 3.58. The lowest BCUT2D eigenvalue weighted by molar-refractivity contribution is -0.0504. The van der Waals surface area contributed by atoms with Crippen LogP contribution in [0.25, 0.3) is 0 Å². The van der Waals surface area contributed by atoms with Crippen LogP contribution in [-0.2, 0) is 13.1 Å². The molecule has 9 heteroatoms. The highest BCUT2D eigenvalue weighted by atomic mass is 35.5. The normalized spacial score (nSPS) is 11.4. The van der Waals surface area contributed by atoms with Crippen LogP contribution in [0.4, 0.5) is 13.2 Å². The molecular weight excluding hydrogens is 383 g/mol. The molecule has 0 spiro atoms. The molecule has 2 aromatic carbocycles. The maximum Gasteiger partial charge on any atom is 0.387 e. The van der Waals surface area contributed by atoms with Crippen LogP contribution in [0.15, 0.2) is 41.4 Å². The van der Waals surface area contributed by atoms with Gasteiger partial charge in [0.1, 0.15) is 5.75 Å². The average molecular weight is 402 g/mol. The second-order valence-electron chi connectivity index (χ2n) is 5.38. The molecule has 0 bridgehead atoms. The number of nitrogens with one attached hydrogen (secondary N) is 2. The number of alkyl halides is 2. The summed E-state index contributed by atoms with van der Waals surface area (Å²) >= 11 is 5.92. The molecule has 0 amide bonds. The second-order valence-corrected chi connectivity index (χ2v) is 5.82. The Morgan fingerprint density at radius 2 is 1.81 bits per heavy atom. The molecule has 27 heavy (non-hydrogen) atoms. The van der Waals surface area contributed by atoms with Gasteiger partial charge in [-0.3, -0.25) is 4.99 Å². The summed E-state index contributed by atoms with van der Waals surface area (Å²) in [6.45, 7) is -2.48. The number of hydrogen-bond acceptors (Lipinski definition) is 3. The molecule has 2 aromatic rings. The molecule has 0 atom stereocenters. The number of guanidine groups is 1. The van der Waals surface area contributed by atoms with Gasteiger partial charge in [0.05, 0.1) is 7.11 Å². The van der Waals surface area contributed by atoms with Gasteiger partial charge in [-0.1, -0.05) is 17.7 Å². The van der Waals surface area contributed by atoms with Crippen LogP contribution in [0, 0.1) is 5.82 Å². The highest BCUT2D eigenvalue weighted by molar-refractivity contribution is 6.30. The lowest BCUT2D eigenvalue weighted by Crippen LogP contribution is -2.36.